The van der Waals surface area contributed by atoms with Gasteiger partial charge in [0.05, 0.1) is 11.4 Å². The van der Waals surface area contributed by atoms with Crippen molar-refractivity contribution in [1.82, 2.24) is 5.32 Å². The Bertz CT molecular complexity index is 617. The van der Waals surface area contributed by atoms with Crippen molar-refractivity contribution in [2.45, 2.75) is 32.7 Å². The molecule has 0 spiro atoms. The van der Waals surface area contributed by atoms with Gasteiger partial charge in [-0.3, -0.25) is 14.5 Å². The van der Waals surface area contributed by atoms with Gasteiger partial charge in [0.25, 0.3) is 5.91 Å². The Morgan fingerprint density at radius 2 is 1.95 bits per heavy atom. The van der Waals surface area contributed by atoms with Gasteiger partial charge in [0.1, 0.15) is 12.1 Å². The van der Waals surface area contributed by atoms with E-state index >= 15 is 0 Å². The Balaban J connectivity index is 2.37. The fraction of sp³-hybridized carbons (Fsp3) is 0.467. The Morgan fingerprint density at radius 3 is 2.59 bits per heavy atom. The summed E-state index contributed by atoms with van der Waals surface area (Å²) in [5.41, 5.74) is -0.566. The molecule has 0 saturated carbocycles. The van der Waals surface area contributed by atoms with Gasteiger partial charge < -0.3 is 10.6 Å². The summed E-state index contributed by atoms with van der Waals surface area (Å²) in [5.74, 6) is -2.79. The van der Waals surface area contributed by atoms with Crippen LogP contribution in [0.25, 0.3) is 0 Å². The number of fused-ring (bicyclic) bond motifs is 1. The van der Waals surface area contributed by atoms with Gasteiger partial charge in [-0.15, -0.1) is 0 Å². The molecule has 0 saturated heterocycles. The SMILES string of the molecule is CCCNC(=O)CN1C(=O)C(C)(C)Nc2cc(F)c(F)cc21. The summed E-state index contributed by atoms with van der Waals surface area (Å²) in [5, 5.41) is 5.53. The van der Waals surface area contributed by atoms with E-state index in [-0.39, 0.29) is 29.7 Å². The summed E-state index contributed by atoms with van der Waals surface area (Å²) in [4.78, 5) is 25.6. The van der Waals surface area contributed by atoms with Gasteiger partial charge in [-0.05, 0) is 20.3 Å². The zero-order valence-electron chi connectivity index (χ0n) is 12.8. The minimum absolute atomic E-state index is 0.162. The third-order valence-corrected chi connectivity index (χ3v) is 3.43. The molecule has 1 aliphatic heterocycles. The van der Waals surface area contributed by atoms with E-state index in [1.165, 1.54) is 4.90 Å². The highest BCUT2D eigenvalue weighted by atomic mass is 19.2. The highest BCUT2D eigenvalue weighted by Crippen LogP contribution is 2.36. The lowest BCUT2D eigenvalue weighted by atomic mass is 9.98. The lowest BCUT2D eigenvalue weighted by Gasteiger charge is -2.39. The molecule has 2 amide bonds. The molecule has 0 unspecified atom stereocenters. The number of amides is 2. The summed E-state index contributed by atoms with van der Waals surface area (Å²) >= 11 is 0. The number of carbonyl (C=O) groups excluding carboxylic acids is 2. The van der Waals surface area contributed by atoms with Crippen LogP contribution in [0.3, 0.4) is 0 Å². The first-order chi connectivity index (χ1) is 10.3. The maximum Gasteiger partial charge on any atom is 0.252 e. The van der Waals surface area contributed by atoms with Crippen molar-refractivity contribution in [2.75, 3.05) is 23.3 Å². The van der Waals surface area contributed by atoms with Crippen LogP contribution in [0.1, 0.15) is 27.2 Å². The predicted octanol–water partition coefficient (Wildman–Crippen LogP) is 2.03. The molecule has 0 bridgehead atoms. The first kappa shape index (κ1) is 16.2. The summed E-state index contributed by atoms with van der Waals surface area (Å²) < 4.78 is 26.9. The van der Waals surface area contributed by atoms with Crippen LogP contribution in [0.4, 0.5) is 20.2 Å². The van der Waals surface area contributed by atoms with Crippen LogP contribution in [0.2, 0.25) is 0 Å². The molecule has 2 rings (SSSR count). The van der Waals surface area contributed by atoms with Crippen LogP contribution in [-0.4, -0.2) is 30.4 Å². The highest BCUT2D eigenvalue weighted by Gasteiger charge is 2.40. The van der Waals surface area contributed by atoms with E-state index in [2.05, 4.69) is 10.6 Å². The molecule has 0 aromatic heterocycles. The van der Waals surface area contributed by atoms with Crippen LogP contribution in [-0.2, 0) is 9.59 Å². The molecule has 0 radical (unpaired) electrons. The fourth-order valence-electron chi connectivity index (χ4n) is 2.32. The third-order valence-electron chi connectivity index (χ3n) is 3.43. The molecule has 120 valence electrons. The van der Waals surface area contributed by atoms with E-state index in [1.807, 2.05) is 6.92 Å². The minimum atomic E-state index is -1.06. The van der Waals surface area contributed by atoms with Crippen molar-refractivity contribution in [3.8, 4) is 0 Å². The van der Waals surface area contributed by atoms with E-state index in [0.717, 1.165) is 18.6 Å². The van der Waals surface area contributed by atoms with Crippen molar-refractivity contribution in [3.05, 3.63) is 23.8 Å². The lowest BCUT2D eigenvalue weighted by Crippen LogP contribution is -2.56. The van der Waals surface area contributed by atoms with Crippen LogP contribution in [0, 0.1) is 11.6 Å². The summed E-state index contributed by atoms with van der Waals surface area (Å²) in [6.07, 6.45) is 0.767. The lowest BCUT2D eigenvalue weighted by molar-refractivity contribution is -0.125. The monoisotopic (exact) mass is 311 g/mol. The van der Waals surface area contributed by atoms with Gasteiger partial charge in [-0.1, -0.05) is 6.92 Å². The van der Waals surface area contributed by atoms with Gasteiger partial charge in [-0.2, -0.15) is 0 Å². The van der Waals surface area contributed by atoms with Gasteiger partial charge >= 0.3 is 0 Å². The second kappa shape index (κ2) is 5.90. The summed E-state index contributed by atoms with van der Waals surface area (Å²) in [6, 6.07) is 1.92. The van der Waals surface area contributed by atoms with E-state index < -0.39 is 17.2 Å². The average Bonchev–Trinajstić information content (AvgIpc) is 2.44. The van der Waals surface area contributed by atoms with E-state index in [1.54, 1.807) is 13.8 Å². The van der Waals surface area contributed by atoms with Gasteiger partial charge in [0.2, 0.25) is 5.91 Å². The topological polar surface area (TPSA) is 61.4 Å². The number of hydrogen-bond donors (Lipinski definition) is 2. The van der Waals surface area contributed by atoms with Crippen molar-refractivity contribution >= 4 is 23.2 Å². The Kier molecular flexibility index (Phi) is 4.35. The smallest absolute Gasteiger partial charge is 0.252 e. The second-order valence-corrected chi connectivity index (χ2v) is 5.77. The average molecular weight is 311 g/mol. The maximum atomic E-state index is 13.5. The first-order valence-electron chi connectivity index (χ1n) is 7.12. The quantitative estimate of drug-likeness (QED) is 0.894. The Hall–Kier alpha value is -2.18. The van der Waals surface area contributed by atoms with Crippen molar-refractivity contribution < 1.29 is 18.4 Å². The van der Waals surface area contributed by atoms with Gasteiger partial charge in [0.15, 0.2) is 11.6 Å². The number of carbonyl (C=O) groups is 2. The number of hydrogen-bond acceptors (Lipinski definition) is 3. The summed E-state index contributed by atoms with van der Waals surface area (Å²) in [7, 11) is 0. The van der Waals surface area contributed by atoms with Crippen LogP contribution < -0.4 is 15.5 Å². The Labute approximate surface area is 127 Å². The minimum Gasteiger partial charge on any atom is -0.370 e. The number of nitrogens with one attached hydrogen (secondary N) is 2. The standard InChI is InChI=1S/C15H19F2N3O2/c1-4-5-18-13(21)8-20-12-7-10(17)9(16)6-11(12)19-15(2,3)14(20)22/h6-7,19H,4-5,8H2,1-3H3,(H,18,21). The van der Waals surface area contributed by atoms with Crippen molar-refractivity contribution in [1.29, 1.82) is 0 Å². The largest absolute Gasteiger partial charge is 0.370 e. The van der Waals surface area contributed by atoms with Crippen molar-refractivity contribution in [3.63, 3.8) is 0 Å². The van der Waals surface area contributed by atoms with Crippen LogP contribution >= 0.6 is 0 Å². The molecular weight excluding hydrogens is 292 g/mol. The molecule has 1 aromatic carbocycles. The van der Waals surface area contributed by atoms with E-state index in [4.69, 9.17) is 0 Å². The number of rotatable bonds is 4. The molecule has 1 heterocycles. The number of anilines is 2. The third kappa shape index (κ3) is 3.03. The fourth-order valence-corrected chi connectivity index (χ4v) is 2.32. The predicted molar refractivity (Wildman–Crippen MR) is 79.7 cm³/mol. The van der Waals surface area contributed by atoms with Crippen molar-refractivity contribution in [2.24, 2.45) is 0 Å². The number of halogens is 2. The molecule has 0 atom stereocenters. The van der Waals surface area contributed by atoms with E-state index in [0.29, 0.717) is 6.54 Å². The number of benzene rings is 1. The maximum absolute atomic E-state index is 13.5. The van der Waals surface area contributed by atoms with E-state index in [9.17, 15) is 18.4 Å². The summed E-state index contributed by atoms with van der Waals surface area (Å²) in [6.45, 7) is 5.41. The molecule has 22 heavy (non-hydrogen) atoms. The van der Waals surface area contributed by atoms with Gasteiger partial charge in [-0.25, -0.2) is 8.78 Å². The van der Waals surface area contributed by atoms with Crippen LogP contribution in [0.15, 0.2) is 12.1 Å². The second-order valence-electron chi connectivity index (χ2n) is 5.77. The first-order valence-corrected chi connectivity index (χ1v) is 7.12. The van der Waals surface area contributed by atoms with Gasteiger partial charge in [0, 0.05) is 18.7 Å². The molecular formula is C15H19F2N3O2. The molecule has 2 N–H and O–H groups in total. The van der Waals surface area contributed by atoms with Crippen LogP contribution in [0.5, 0.6) is 0 Å². The highest BCUT2D eigenvalue weighted by molar-refractivity contribution is 6.09. The zero-order valence-corrected chi connectivity index (χ0v) is 12.8. The zero-order chi connectivity index (χ0) is 16.5. The normalized spacial score (nSPS) is 16.0. The molecule has 0 fully saturated rings. The molecule has 1 aromatic rings. The Morgan fingerprint density at radius 1 is 1.32 bits per heavy atom. The molecule has 1 aliphatic rings. The number of nitrogens with zero attached hydrogens (tertiary/aromatic N) is 1. The molecule has 5 nitrogen and oxygen atoms in total. The molecule has 0 aliphatic carbocycles. The molecule has 7 heteroatoms.